The molecule has 2 aromatic heterocycles. The van der Waals surface area contributed by atoms with Crippen molar-refractivity contribution in [3.63, 3.8) is 0 Å². The average Bonchev–Trinajstić information content (AvgIpc) is 3.56. The lowest BCUT2D eigenvalue weighted by atomic mass is 9.90. The fraction of sp³-hybridized carbons (Fsp3) is 0.237. The fourth-order valence-electron chi connectivity index (χ4n) is 6.94. The Kier molecular flexibility index (Phi) is 7.61. The van der Waals surface area contributed by atoms with E-state index in [1.807, 2.05) is 63.2 Å². The van der Waals surface area contributed by atoms with Crippen molar-refractivity contribution >= 4 is 55.9 Å². The maximum Gasteiger partial charge on any atom is 0.271 e. The zero-order valence-corrected chi connectivity index (χ0v) is 27.5. The molecule has 7 nitrogen and oxygen atoms in total. The lowest BCUT2D eigenvalue weighted by Crippen LogP contribution is -2.43. The van der Waals surface area contributed by atoms with Gasteiger partial charge in [0.05, 0.1) is 22.9 Å². The number of fused-ring (bicyclic) bond motifs is 5. The molecule has 232 valence electrons. The van der Waals surface area contributed by atoms with E-state index in [2.05, 4.69) is 54.0 Å². The summed E-state index contributed by atoms with van der Waals surface area (Å²) >= 11 is 1.35. The van der Waals surface area contributed by atoms with E-state index >= 15 is 0 Å². The summed E-state index contributed by atoms with van der Waals surface area (Å²) in [6.07, 6.45) is 1.95. The van der Waals surface area contributed by atoms with Gasteiger partial charge in [-0.25, -0.2) is 4.99 Å². The van der Waals surface area contributed by atoms with Crippen LogP contribution in [0.15, 0.2) is 99.9 Å². The van der Waals surface area contributed by atoms with Crippen molar-refractivity contribution in [2.45, 2.75) is 40.3 Å². The Bertz CT molecular complexity index is 2390. The van der Waals surface area contributed by atoms with Gasteiger partial charge in [-0.3, -0.25) is 14.2 Å². The van der Waals surface area contributed by atoms with Crippen LogP contribution in [0.4, 0.5) is 0 Å². The quantitative estimate of drug-likeness (QED) is 0.206. The molecule has 0 fully saturated rings. The molecular formula is C38H36N4O3S. The number of carbonyl (C=O) groups excluding carboxylic acids is 1. The minimum Gasteiger partial charge on any atom is -0.496 e. The summed E-state index contributed by atoms with van der Waals surface area (Å²) in [7, 11) is 1.63. The molecule has 1 atom stereocenters. The molecule has 4 aromatic carbocycles. The van der Waals surface area contributed by atoms with Gasteiger partial charge in [-0.05, 0) is 74.4 Å². The number of nitrogens with zero attached hydrogens (tertiary/aromatic N) is 4. The van der Waals surface area contributed by atoms with Gasteiger partial charge < -0.3 is 14.2 Å². The number of amides is 1. The minimum absolute atomic E-state index is 0.127. The molecule has 1 aliphatic rings. The second-order valence-corrected chi connectivity index (χ2v) is 12.5. The van der Waals surface area contributed by atoms with Crippen LogP contribution >= 0.6 is 11.3 Å². The van der Waals surface area contributed by atoms with Crippen LogP contribution in [0.5, 0.6) is 5.75 Å². The smallest absolute Gasteiger partial charge is 0.271 e. The van der Waals surface area contributed by atoms with Crippen LogP contribution in [0.2, 0.25) is 0 Å². The molecule has 0 saturated heterocycles. The second kappa shape index (κ2) is 11.8. The van der Waals surface area contributed by atoms with Crippen molar-refractivity contribution < 1.29 is 9.53 Å². The Morgan fingerprint density at radius 3 is 2.39 bits per heavy atom. The number of para-hydroxylation sites is 1. The molecule has 7 rings (SSSR count). The monoisotopic (exact) mass is 628 g/mol. The van der Waals surface area contributed by atoms with E-state index in [0.29, 0.717) is 39.4 Å². The highest BCUT2D eigenvalue weighted by Crippen LogP contribution is 2.40. The van der Waals surface area contributed by atoms with Crippen molar-refractivity contribution in [3.8, 4) is 5.75 Å². The van der Waals surface area contributed by atoms with E-state index in [0.717, 1.165) is 33.8 Å². The number of hydrogen-bond acceptors (Lipinski definition) is 5. The van der Waals surface area contributed by atoms with Gasteiger partial charge in [0, 0.05) is 47.0 Å². The molecule has 3 heterocycles. The first-order valence-electron chi connectivity index (χ1n) is 15.8. The molecular weight excluding hydrogens is 593 g/mol. The van der Waals surface area contributed by atoms with E-state index in [-0.39, 0.29) is 11.5 Å². The van der Waals surface area contributed by atoms with E-state index in [9.17, 15) is 9.59 Å². The number of rotatable bonds is 7. The third kappa shape index (κ3) is 4.58. The van der Waals surface area contributed by atoms with Crippen molar-refractivity contribution in [2.75, 3.05) is 20.2 Å². The predicted octanol–water partition coefficient (Wildman–Crippen LogP) is 6.39. The minimum atomic E-state index is -0.711. The zero-order valence-electron chi connectivity index (χ0n) is 26.7. The topological polar surface area (TPSA) is 68.8 Å². The van der Waals surface area contributed by atoms with Gasteiger partial charge >= 0.3 is 0 Å². The first-order valence-corrected chi connectivity index (χ1v) is 16.6. The van der Waals surface area contributed by atoms with Gasteiger partial charge in [0.1, 0.15) is 11.8 Å². The molecule has 0 bridgehead atoms. The van der Waals surface area contributed by atoms with Crippen LogP contribution in [-0.2, 0) is 11.3 Å². The van der Waals surface area contributed by atoms with E-state index in [1.54, 1.807) is 16.6 Å². The van der Waals surface area contributed by atoms with Gasteiger partial charge in [-0.2, -0.15) is 0 Å². The van der Waals surface area contributed by atoms with Crippen LogP contribution in [-0.4, -0.2) is 40.1 Å². The molecule has 46 heavy (non-hydrogen) atoms. The number of aryl methyl sites for hydroxylation is 1. The number of carbonyl (C=O) groups is 1. The summed E-state index contributed by atoms with van der Waals surface area (Å²) in [6, 6.07) is 26.0. The molecule has 0 unspecified atom stereocenters. The molecule has 0 N–H and O–H groups in total. The zero-order chi connectivity index (χ0) is 32.1. The summed E-state index contributed by atoms with van der Waals surface area (Å²) in [5.41, 5.74) is 5.00. The van der Waals surface area contributed by atoms with Crippen LogP contribution in [0.3, 0.4) is 0 Å². The number of likely N-dealkylation sites (N-methyl/N-ethyl adjacent to an activating group) is 1. The van der Waals surface area contributed by atoms with E-state index in [1.165, 1.54) is 27.8 Å². The fourth-order valence-corrected chi connectivity index (χ4v) is 7.98. The van der Waals surface area contributed by atoms with Gasteiger partial charge in [-0.1, -0.05) is 65.9 Å². The van der Waals surface area contributed by atoms with Crippen molar-refractivity contribution in [2.24, 2.45) is 4.99 Å². The summed E-state index contributed by atoms with van der Waals surface area (Å²) in [5, 5.41) is 4.28. The van der Waals surface area contributed by atoms with E-state index < -0.39 is 6.04 Å². The highest BCUT2D eigenvalue weighted by Gasteiger charge is 2.36. The number of aromatic nitrogens is 2. The summed E-state index contributed by atoms with van der Waals surface area (Å²) in [6.45, 7) is 9.93. The highest BCUT2D eigenvalue weighted by molar-refractivity contribution is 7.07. The standard InChI is InChI=1S/C38H36N4O3S/c1-6-40(7-2)37(44)33-23(4)39-38-42(35(33)34-26-14-10-9-13-25(26)18-20-31(34)45-5)36(43)32(46-38)22-24-17-19-30-28(21-24)27-15-11-12-16-29(27)41(30)8-3/h9-22,35H,6-8H2,1-5H3/b32-22+/t35-/m0/s1. The molecule has 0 aliphatic carbocycles. The normalized spacial score (nSPS) is 15.1. The molecule has 0 saturated carbocycles. The van der Waals surface area contributed by atoms with E-state index in [4.69, 9.17) is 9.73 Å². The van der Waals surface area contributed by atoms with Gasteiger partial charge in [0.15, 0.2) is 4.80 Å². The number of methoxy groups -OCH3 is 1. The number of ether oxygens (including phenoxy) is 1. The third-order valence-corrected chi connectivity index (χ3v) is 10.1. The van der Waals surface area contributed by atoms with Crippen molar-refractivity contribution in [1.82, 2.24) is 14.0 Å². The van der Waals surface area contributed by atoms with Gasteiger partial charge in [0.25, 0.3) is 11.5 Å². The Hall–Kier alpha value is -4.95. The molecule has 0 radical (unpaired) electrons. The molecule has 1 aliphatic heterocycles. The Balaban J connectivity index is 1.49. The van der Waals surface area contributed by atoms with Crippen molar-refractivity contribution in [1.29, 1.82) is 0 Å². The van der Waals surface area contributed by atoms with Crippen molar-refractivity contribution in [3.05, 3.63) is 121 Å². The summed E-state index contributed by atoms with van der Waals surface area (Å²) in [4.78, 5) is 36.0. The Labute approximate surface area is 271 Å². The third-order valence-electron chi connectivity index (χ3n) is 9.14. The van der Waals surface area contributed by atoms with Crippen LogP contribution in [0.25, 0.3) is 38.7 Å². The van der Waals surface area contributed by atoms with Gasteiger partial charge in [0.2, 0.25) is 0 Å². The number of hydrogen-bond donors (Lipinski definition) is 0. The number of thiazole rings is 1. The highest BCUT2D eigenvalue weighted by atomic mass is 32.1. The average molecular weight is 629 g/mol. The van der Waals surface area contributed by atoms with Crippen LogP contribution in [0.1, 0.15) is 44.9 Å². The van der Waals surface area contributed by atoms with Gasteiger partial charge in [-0.15, -0.1) is 0 Å². The lowest BCUT2D eigenvalue weighted by Gasteiger charge is -2.30. The Morgan fingerprint density at radius 2 is 1.65 bits per heavy atom. The number of allylic oxidation sites excluding steroid dienone is 1. The summed E-state index contributed by atoms with van der Waals surface area (Å²) in [5.74, 6) is 0.494. The van der Waals surface area contributed by atoms with Crippen LogP contribution < -0.4 is 19.6 Å². The number of benzene rings is 4. The lowest BCUT2D eigenvalue weighted by molar-refractivity contribution is -0.127. The maximum absolute atomic E-state index is 14.5. The molecule has 6 aromatic rings. The molecule has 0 spiro atoms. The molecule has 1 amide bonds. The molecule has 8 heteroatoms. The SMILES string of the molecule is CCN(CC)C(=O)C1=C(C)N=c2s/c(=C/c3ccc4c(c3)c3ccccc3n4CC)c(=O)n2[C@@H]1c1c(OC)ccc2ccccc12. The first-order chi connectivity index (χ1) is 22.4. The van der Waals surface area contributed by atoms with Crippen LogP contribution in [0, 0.1) is 0 Å². The Morgan fingerprint density at radius 1 is 0.935 bits per heavy atom. The first kappa shape index (κ1) is 29.7. The summed E-state index contributed by atoms with van der Waals surface area (Å²) < 4.78 is 10.5. The predicted molar refractivity (Wildman–Crippen MR) is 187 cm³/mol. The largest absolute Gasteiger partial charge is 0.496 e. The maximum atomic E-state index is 14.5. The second-order valence-electron chi connectivity index (χ2n) is 11.5.